The molecule has 1 atom stereocenters. The minimum absolute atomic E-state index is 0.123. The first-order valence-corrected chi connectivity index (χ1v) is 10.7. The van der Waals surface area contributed by atoms with Crippen LogP contribution in [0.4, 0.5) is 10.1 Å². The Morgan fingerprint density at radius 2 is 1.79 bits per heavy atom. The summed E-state index contributed by atoms with van der Waals surface area (Å²) in [5.41, 5.74) is 4.82. The number of rotatable bonds is 5. The molecule has 0 bridgehead atoms. The standard InChI is InChI=1S/C25H24FN7/c1-16-9-12-32-15-21(28-23(32)13-16)25-29-24(19-5-6-22(31(3)4)20(26)14-19)30-33(25)17(2)18-7-10-27-11-8-18/h5-15,17H,1-4H3. The van der Waals surface area contributed by atoms with Crippen LogP contribution in [0.3, 0.4) is 0 Å². The number of benzene rings is 1. The van der Waals surface area contributed by atoms with Gasteiger partial charge in [-0.15, -0.1) is 5.10 Å². The van der Waals surface area contributed by atoms with Gasteiger partial charge in [-0.05, 0) is 67.4 Å². The average Bonchev–Trinajstić information content (AvgIpc) is 3.43. The zero-order valence-electron chi connectivity index (χ0n) is 18.9. The number of aromatic nitrogens is 6. The first-order valence-electron chi connectivity index (χ1n) is 10.7. The summed E-state index contributed by atoms with van der Waals surface area (Å²) in [4.78, 5) is 15.5. The minimum Gasteiger partial charge on any atom is -0.375 e. The fraction of sp³-hybridized carbons (Fsp3) is 0.200. The topological polar surface area (TPSA) is 64.1 Å². The number of halogens is 1. The molecule has 5 aromatic rings. The van der Waals surface area contributed by atoms with Crippen LogP contribution in [0.5, 0.6) is 0 Å². The predicted molar refractivity (Wildman–Crippen MR) is 127 cm³/mol. The molecule has 0 saturated carbocycles. The van der Waals surface area contributed by atoms with Gasteiger partial charge >= 0.3 is 0 Å². The van der Waals surface area contributed by atoms with E-state index in [0.29, 0.717) is 28.6 Å². The third-order valence-corrected chi connectivity index (χ3v) is 5.72. The SMILES string of the molecule is Cc1ccn2cc(-c3nc(-c4ccc(N(C)C)c(F)c4)nn3C(C)c3ccncc3)nc2c1. The van der Waals surface area contributed by atoms with Gasteiger partial charge in [-0.25, -0.2) is 19.0 Å². The van der Waals surface area contributed by atoms with Gasteiger partial charge in [0.15, 0.2) is 11.6 Å². The summed E-state index contributed by atoms with van der Waals surface area (Å²) >= 11 is 0. The maximum atomic E-state index is 14.7. The van der Waals surface area contributed by atoms with Crippen LogP contribution in [0.1, 0.15) is 24.1 Å². The van der Waals surface area contributed by atoms with E-state index in [0.717, 1.165) is 16.8 Å². The van der Waals surface area contributed by atoms with E-state index in [1.54, 1.807) is 23.4 Å². The Bertz CT molecular complexity index is 1440. The summed E-state index contributed by atoms with van der Waals surface area (Å²) in [7, 11) is 3.62. The number of pyridine rings is 2. The number of anilines is 1. The lowest BCUT2D eigenvalue weighted by Crippen LogP contribution is -2.11. The zero-order valence-corrected chi connectivity index (χ0v) is 18.9. The molecule has 0 aliphatic rings. The summed E-state index contributed by atoms with van der Waals surface area (Å²) in [5.74, 6) is 0.747. The molecule has 0 fully saturated rings. The van der Waals surface area contributed by atoms with Crippen molar-refractivity contribution in [2.45, 2.75) is 19.9 Å². The number of nitrogens with zero attached hydrogens (tertiary/aromatic N) is 7. The molecule has 8 heteroatoms. The van der Waals surface area contributed by atoms with Crippen molar-refractivity contribution in [3.63, 3.8) is 0 Å². The van der Waals surface area contributed by atoms with E-state index in [9.17, 15) is 4.39 Å². The number of imidazole rings is 1. The summed E-state index contributed by atoms with van der Waals surface area (Å²) < 4.78 is 18.5. The highest BCUT2D eigenvalue weighted by Gasteiger charge is 2.22. The zero-order chi connectivity index (χ0) is 23.1. The van der Waals surface area contributed by atoms with Crippen LogP contribution in [0.25, 0.3) is 28.6 Å². The Morgan fingerprint density at radius 3 is 2.52 bits per heavy atom. The summed E-state index contributed by atoms with van der Waals surface area (Å²) in [6.45, 7) is 4.08. The first kappa shape index (κ1) is 20.8. The van der Waals surface area contributed by atoms with Crippen molar-refractivity contribution >= 4 is 11.3 Å². The maximum absolute atomic E-state index is 14.7. The molecule has 0 N–H and O–H groups in total. The van der Waals surface area contributed by atoms with E-state index in [1.165, 1.54) is 6.07 Å². The molecule has 4 heterocycles. The third kappa shape index (κ3) is 3.84. The van der Waals surface area contributed by atoms with Crippen LogP contribution in [-0.4, -0.2) is 43.2 Å². The Morgan fingerprint density at radius 1 is 1.00 bits per heavy atom. The van der Waals surface area contributed by atoms with Crippen molar-refractivity contribution in [1.82, 2.24) is 29.1 Å². The van der Waals surface area contributed by atoms with Gasteiger partial charge in [0, 0.05) is 44.4 Å². The maximum Gasteiger partial charge on any atom is 0.181 e. The van der Waals surface area contributed by atoms with Crippen molar-refractivity contribution in [3.8, 4) is 22.9 Å². The minimum atomic E-state index is -0.319. The van der Waals surface area contributed by atoms with Gasteiger partial charge < -0.3 is 9.30 Å². The number of hydrogen-bond donors (Lipinski definition) is 0. The largest absolute Gasteiger partial charge is 0.375 e. The average molecular weight is 442 g/mol. The number of aryl methyl sites for hydroxylation is 1. The van der Waals surface area contributed by atoms with E-state index in [-0.39, 0.29) is 11.9 Å². The molecule has 0 aliphatic heterocycles. The van der Waals surface area contributed by atoms with Crippen LogP contribution in [-0.2, 0) is 0 Å². The molecule has 0 radical (unpaired) electrons. The van der Waals surface area contributed by atoms with E-state index in [2.05, 4.69) is 4.98 Å². The molecule has 0 saturated heterocycles. The molecule has 0 amide bonds. The van der Waals surface area contributed by atoms with Crippen molar-refractivity contribution < 1.29 is 4.39 Å². The van der Waals surface area contributed by atoms with Gasteiger partial charge in [-0.1, -0.05) is 0 Å². The molecule has 1 unspecified atom stereocenters. The quantitative estimate of drug-likeness (QED) is 0.393. The second kappa shape index (κ2) is 8.12. The van der Waals surface area contributed by atoms with Gasteiger partial charge in [0.05, 0.1) is 11.7 Å². The van der Waals surface area contributed by atoms with Crippen LogP contribution in [0.2, 0.25) is 0 Å². The lowest BCUT2D eigenvalue weighted by molar-refractivity contribution is 0.569. The molecule has 7 nitrogen and oxygen atoms in total. The summed E-state index contributed by atoms with van der Waals surface area (Å²) in [6.07, 6.45) is 7.43. The fourth-order valence-electron chi connectivity index (χ4n) is 3.87. The summed E-state index contributed by atoms with van der Waals surface area (Å²) in [5, 5.41) is 4.79. The molecule has 0 spiro atoms. The van der Waals surface area contributed by atoms with Crippen molar-refractivity contribution in [2.75, 3.05) is 19.0 Å². The Kier molecular flexibility index (Phi) is 5.12. The highest BCUT2D eigenvalue weighted by atomic mass is 19.1. The highest BCUT2D eigenvalue weighted by molar-refractivity contribution is 5.64. The molecule has 1 aromatic carbocycles. The Balaban J connectivity index is 1.66. The van der Waals surface area contributed by atoms with Crippen molar-refractivity contribution in [1.29, 1.82) is 0 Å². The molecular weight excluding hydrogens is 417 g/mol. The van der Waals surface area contributed by atoms with Crippen LogP contribution in [0, 0.1) is 12.7 Å². The predicted octanol–water partition coefficient (Wildman–Crippen LogP) is 4.78. The molecule has 166 valence electrons. The Hall–Kier alpha value is -4.07. The first-order chi connectivity index (χ1) is 15.9. The van der Waals surface area contributed by atoms with Gasteiger partial charge in [0.25, 0.3) is 0 Å². The summed E-state index contributed by atoms with van der Waals surface area (Å²) in [6, 6.07) is 12.9. The van der Waals surface area contributed by atoms with Crippen molar-refractivity contribution in [2.24, 2.45) is 0 Å². The van der Waals surface area contributed by atoms with Gasteiger partial charge in [-0.2, -0.15) is 0 Å². The fourth-order valence-corrected chi connectivity index (χ4v) is 3.87. The Labute approximate surface area is 191 Å². The van der Waals surface area contributed by atoms with E-state index in [4.69, 9.17) is 15.1 Å². The van der Waals surface area contributed by atoms with E-state index < -0.39 is 0 Å². The van der Waals surface area contributed by atoms with Crippen LogP contribution in [0.15, 0.2) is 67.3 Å². The van der Waals surface area contributed by atoms with Crippen LogP contribution < -0.4 is 4.90 Å². The second-order valence-corrected chi connectivity index (χ2v) is 8.32. The van der Waals surface area contributed by atoms with Gasteiger partial charge in [0.1, 0.15) is 17.2 Å². The molecule has 5 rings (SSSR count). The number of hydrogen-bond acceptors (Lipinski definition) is 5. The monoisotopic (exact) mass is 441 g/mol. The number of fused-ring (bicyclic) bond motifs is 1. The van der Waals surface area contributed by atoms with Gasteiger partial charge in [-0.3, -0.25) is 4.98 Å². The van der Waals surface area contributed by atoms with E-state index in [1.807, 2.05) is 79.8 Å². The smallest absolute Gasteiger partial charge is 0.181 e. The van der Waals surface area contributed by atoms with Crippen LogP contribution >= 0.6 is 0 Å². The lowest BCUT2D eigenvalue weighted by atomic mass is 10.1. The second-order valence-electron chi connectivity index (χ2n) is 8.32. The van der Waals surface area contributed by atoms with Gasteiger partial charge in [0.2, 0.25) is 0 Å². The molecular formula is C25H24FN7. The molecule has 0 aliphatic carbocycles. The van der Waals surface area contributed by atoms with E-state index >= 15 is 0 Å². The van der Waals surface area contributed by atoms with Crippen molar-refractivity contribution in [3.05, 3.63) is 84.2 Å². The highest BCUT2D eigenvalue weighted by Crippen LogP contribution is 2.29. The normalized spacial score (nSPS) is 12.3. The molecule has 33 heavy (non-hydrogen) atoms. The third-order valence-electron chi connectivity index (χ3n) is 5.72. The molecule has 4 aromatic heterocycles. The lowest BCUT2D eigenvalue weighted by Gasteiger charge is -2.14.